The SMILES string of the molecule is CCOC(=O)COc1ccc(/C=C2/SC(=S)N(c3cccc(Cl)c3)C2=O)cc1. The Kier molecular flexibility index (Phi) is 6.72. The number of amides is 1. The molecule has 1 heterocycles. The molecule has 0 N–H and O–H groups in total. The van der Waals surface area contributed by atoms with Crippen LogP contribution in [-0.4, -0.2) is 29.4 Å². The summed E-state index contributed by atoms with van der Waals surface area (Å²) in [6.45, 7) is 1.90. The van der Waals surface area contributed by atoms with E-state index in [0.717, 1.165) is 5.56 Å². The van der Waals surface area contributed by atoms with Crippen LogP contribution in [0.15, 0.2) is 53.4 Å². The van der Waals surface area contributed by atoms with Crippen LogP contribution in [0.25, 0.3) is 6.08 Å². The first-order valence-electron chi connectivity index (χ1n) is 8.40. The summed E-state index contributed by atoms with van der Waals surface area (Å²) in [6.07, 6.45) is 1.76. The Hall–Kier alpha value is -2.35. The molecule has 2 aromatic rings. The molecule has 1 aliphatic heterocycles. The Labute approximate surface area is 177 Å². The monoisotopic (exact) mass is 433 g/mol. The predicted octanol–water partition coefficient (Wildman–Crippen LogP) is 4.69. The highest BCUT2D eigenvalue weighted by atomic mass is 35.5. The third kappa shape index (κ3) is 4.92. The zero-order chi connectivity index (χ0) is 20.1. The van der Waals surface area contributed by atoms with Crippen molar-refractivity contribution in [2.45, 2.75) is 6.92 Å². The van der Waals surface area contributed by atoms with Gasteiger partial charge in [-0.15, -0.1) is 0 Å². The number of esters is 1. The number of hydrogen-bond donors (Lipinski definition) is 0. The summed E-state index contributed by atoms with van der Waals surface area (Å²) in [5.74, 6) is -0.0761. The zero-order valence-electron chi connectivity index (χ0n) is 14.9. The van der Waals surface area contributed by atoms with Crippen LogP contribution in [0.2, 0.25) is 5.02 Å². The van der Waals surface area contributed by atoms with Crippen molar-refractivity contribution in [3.05, 3.63) is 64.0 Å². The number of nitrogens with zero attached hydrogens (tertiary/aromatic N) is 1. The van der Waals surface area contributed by atoms with Crippen LogP contribution in [0.5, 0.6) is 5.75 Å². The normalized spacial score (nSPS) is 15.2. The van der Waals surface area contributed by atoms with Gasteiger partial charge in [0.1, 0.15) is 5.75 Å². The second-order valence-electron chi connectivity index (χ2n) is 5.66. The number of anilines is 1. The van der Waals surface area contributed by atoms with Gasteiger partial charge in [0.2, 0.25) is 0 Å². The lowest BCUT2D eigenvalue weighted by atomic mass is 10.2. The number of carbonyl (C=O) groups excluding carboxylic acids is 2. The van der Waals surface area contributed by atoms with Crippen LogP contribution in [0.4, 0.5) is 5.69 Å². The molecule has 0 aromatic heterocycles. The predicted molar refractivity (Wildman–Crippen MR) is 116 cm³/mol. The Bertz CT molecular complexity index is 943. The number of thioether (sulfide) groups is 1. The molecule has 1 amide bonds. The first kappa shape index (κ1) is 20.4. The maximum atomic E-state index is 12.8. The van der Waals surface area contributed by atoms with Crippen molar-refractivity contribution < 1.29 is 19.1 Å². The van der Waals surface area contributed by atoms with Crippen molar-refractivity contribution in [1.29, 1.82) is 0 Å². The average Bonchev–Trinajstić information content (AvgIpc) is 2.94. The standard InChI is InChI=1S/C20H16ClNO4S2/c1-2-25-18(23)12-26-16-8-6-13(7-9-16)10-17-19(24)22(20(27)28-17)15-5-3-4-14(21)11-15/h3-11H,2,12H2,1H3/b17-10+. The maximum Gasteiger partial charge on any atom is 0.344 e. The molecule has 1 aliphatic rings. The quantitative estimate of drug-likeness (QED) is 0.374. The molecule has 0 unspecified atom stereocenters. The molecule has 2 aromatic carbocycles. The van der Waals surface area contributed by atoms with Gasteiger partial charge in [-0.2, -0.15) is 0 Å². The highest BCUT2D eigenvalue weighted by molar-refractivity contribution is 8.27. The largest absolute Gasteiger partial charge is 0.482 e. The summed E-state index contributed by atoms with van der Waals surface area (Å²) >= 11 is 12.6. The van der Waals surface area contributed by atoms with E-state index in [-0.39, 0.29) is 12.5 Å². The van der Waals surface area contributed by atoms with Crippen molar-refractivity contribution in [3.63, 3.8) is 0 Å². The van der Waals surface area contributed by atoms with Gasteiger partial charge in [-0.25, -0.2) is 4.79 Å². The molecule has 0 bridgehead atoms. The van der Waals surface area contributed by atoms with Crippen LogP contribution in [0.1, 0.15) is 12.5 Å². The molecule has 3 rings (SSSR count). The molecule has 0 saturated carbocycles. The lowest BCUT2D eigenvalue weighted by Gasteiger charge is -2.14. The first-order valence-corrected chi connectivity index (χ1v) is 10.00. The molecule has 28 heavy (non-hydrogen) atoms. The number of thiocarbonyl (C=S) groups is 1. The number of carbonyl (C=O) groups is 2. The van der Waals surface area contributed by atoms with Crippen molar-refractivity contribution in [2.24, 2.45) is 0 Å². The summed E-state index contributed by atoms with van der Waals surface area (Å²) < 4.78 is 10.6. The highest BCUT2D eigenvalue weighted by Crippen LogP contribution is 2.36. The number of rotatable bonds is 6. The topological polar surface area (TPSA) is 55.8 Å². The van der Waals surface area contributed by atoms with Crippen molar-refractivity contribution >= 4 is 63.5 Å². The highest BCUT2D eigenvalue weighted by Gasteiger charge is 2.33. The van der Waals surface area contributed by atoms with Crippen LogP contribution in [0, 0.1) is 0 Å². The zero-order valence-corrected chi connectivity index (χ0v) is 17.3. The molecule has 5 nitrogen and oxygen atoms in total. The van der Waals surface area contributed by atoms with Crippen molar-refractivity contribution in [2.75, 3.05) is 18.1 Å². The number of benzene rings is 2. The van der Waals surface area contributed by atoms with E-state index < -0.39 is 5.97 Å². The van der Waals surface area contributed by atoms with E-state index in [2.05, 4.69) is 0 Å². The molecule has 0 atom stereocenters. The van der Waals surface area contributed by atoms with E-state index in [1.54, 1.807) is 61.5 Å². The number of ether oxygens (including phenoxy) is 2. The molecule has 1 fully saturated rings. The number of halogens is 1. The smallest absolute Gasteiger partial charge is 0.344 e. The van der Waals surface area contributed by atoms with Crippen LogP contribution < -0.4 is 9.64 Å². The molecule has 144 valence electrons. The second kappa shape index (κ2) is 9.23. The van der Waals surface area contributed by atoms with E-state index >= 15 is 0 Å². The fraction of sp³-hybridized carbons (Fsp3) is 0.150. The molecule has 0 radical (unpaired) electrons. The van der Waals surface area contributed by atoms with Gasteiger partial charge in [0.25, 0.3) is 5.91 Å². The summed E-state index contributed by atoms with van der Waals surface area (Å²) in [4.78, 5) is 26.1. The fourth-order valence-corrected chi connectivity index (χ4v) is 3.95. The van der Waals surface area contributed by atoms with Crippen LogP contribution >= 0.6 is 35.6 Å². The number of hydrogen-bond acceptors (Lipinski definition) is 6. The van der Waals surface area contributed by atoms with Gasteiger partial charge in [-0.3, -0.25) is 9.69 Å². The summed E-state index contributed by atoms with van der Waals surface area (Å²) in [7, 11) is 0. The van der Waals surface area contributed by atoms with Crippen molar-refractivity contribution in [3.8, 4) is 5.75 Å². The maximum absolute atomic E-state index is 12.8. The van der Waals surface area contributed by atoms with Gasteiger partial charge >= 0.3 is 5.97 Å². The van der Waals surface area contributed by atoms with Gasteiger partial charge < -0.3 is 9.47 Å². The minimum atomic E-state index is -0.420. The minimum Gasteiger partial charge on any atom is -0.482 e. The van der Waals surface area contributed by atoms with Gasteiger partial charge in [-0.1, -0.05) is 53.8 Å². The Morgan fingerprint density at radius 1 is 1.25 bits per heavy atom. The van der Waals surface area contributed by atoms with E-state index in [1.165, 1.54) is 16.7 Å². The lowest BCUT2D eigenvalue weighted by molar-refractivity contribution is -0.145. The molecule has 8 heteroatoms. The molecular formula is C20H16ClNO4S2. The van der Waals surface area contributed by atoms with Gasteiger partial charge in [-0.05, 0) is 48.9 Å². The lowest BCUT2D eigenvalue weighted by Crippen LogP contribution is -2.27. The van der Waals surface area contributed by atoms with Gasteiger partial charge in [0.05, 0.1) is 17.2 Å². The van der Waals surface area contributed by atoms with E-state index in [4.69, 9.17) is 33.3 Å². The third-order valence-electron chi connectivity index (χ3n) is 3.70. The third-order valence-corrected chi connectivity index (χ3v) is 5.24. The molecular weight excluding hydrogens is 418 g/mol. The van der Waals surface area contributed by atoms with E-state index in [9.17, 15) is 9.59 Å². The minimum absolute atomic E-state index is 0.147. The fourth-order valence-electron chi connectivity index (χ4n) is 2.46. The Balaban J connectivity index is 1.71. The van der Waals surface area contributed by atoms with Crippen LogP contribution in [-0.2, 0) is 14.3 Å². The van der Waals surface area contributed by atoms with E-state index in [1.807, 2.05) is 0 Å². The summed E-state index contributed by atoms with van der Waals surface area (Å²) in [5.41, 5.74) is 1.45. The van der Waals surface area contributed by atoms with Gasteiger partial charge in [0, 0.05) is 5.02 Å². The van der Waals surface area contributed by atoms with Gasteiger partial charge in [0.15, 0.2) is 10.9 Å². The molecule has 0 aliphatic carbocycles. The first-order chi connectivity index (χ1) is 13.5. The average molecular weight is 434 g/mol. The van der Waals surface area contributed by atoms with Crippen LogP contribution in [0.3, 0.4) is 0 Å². The molecule has 1 saturated heterocycles. The van der Waals surface area contributed by atoms with E-state index in [0.29, 0.717) is 32.3 Å². The Morgan fingerprint density at radius 2 is 2.00 bits per heavy atom. The van der Waals surface area contributed by atoms with Crippen molar-refractivity contribution in [1.82, 2.24) is 0 Å². The summed E-state index contributed by atoms with van der Waals surface area (Å²) in [5, 5.41) is 0.536. The Morgan fingerprint density at radius 3 is 2.68 bits per heavy atom. The summed E-state index contributed by atoms with van der Waals surface area (Å²) in [6, 6.07) is 14.0. The molecule has 0 spiro atoms. The second-order valence-corrected chi connectivity index (χ2v) is 7.77.